The monoisotopic (exact) mass is 327 g/mol. The third-order valence-electron chi connectivity index (χ3n) is 3.48. The molecule has 0 amide bonds. The molecule has 0 spiro atoms. The predicted molar refractivity (Wildman–Crippen MR) is 95.4 cm³/mol. The fourth-order valence-corrected chi connectivity index (χ4v) is 2.82. The highest BCUT2D eigenvalue weighted by Crippen LogP contribution is 2.26. The molecule has 1 aromatic carbocycles. The first kappa shape index (κ1) is 18.2. The maximum absolute atomic E-state index is 6.10. The molecule has 21 heavy (non-hydrogen) atoms. The summed E-state index contributed by atoms with van der Waals surface area (Å²) in [5, 5.41) is 0.552. The number of halogens is 1. The third kappa shape index (κ3) is 7.14. The Bertz CT molecular complexity index is 437. The number of benzene rings is 1. The van der Waals surface area contributed by atoms with Crippen LogP contribution in [0, 0.1) is 0 Å². The van der Waals surface area contributed by atoms with Gasteiger partial charge in [-0.2, -0.15) is 0 Å². The molecular formula is C17H26ClNOS. The van der Waals surface area contributed by atoms with E-state index in [4.69, 9.17) is 34.3 Å². The predicted octanol–water partition coefficient (Wildman–Crippen LogP) is 5.49. The SMILES string of the molecule is CCCCCCCCCCOc1cccc(Cl)c1C(N)=S. The summed E-state index contributed by atoms with van der Waals surface area (Å²) in [6.07, 6.45) is 10.3. The highest BCUT2D eigenvalue weighted by molar-refractivity contribution is 7.80. The summed E-state index contributed by atoms with van der Waals surface area (Å²) in [6.45, 7) is 2.93. The van der Waals surface area contributed by atoms with Crippen LogP contribution in [0.1, 0.15) is 63.9 Å². The summed E-state index contributed by atoms with van der Waals surface area (Å²) in [5.41, 5.74) is 6.34. The Morgan fingerprint density at radius 2 is 1.71 bits per heavy atom. The lowest BCUT2D eigenvalue weighted by molar-refractivity contribution is 0.304. The molecule has 0 aliphatic heterocycles. The lowest BCUT2D eigenvalue weighted by Gasteiger charge is -2.11. The van der Waals surface area contributed by atoms with Crippen molar-refractivity contribution in [2.24, 2.45) is 5.73 Å². The Kier molecular flexibility index (Phi) is 9.44. The van der Waals surface area contributed by atoms with Gasteiger partial charge in [-0.15, -0.1) is 0 Å². The average Bonchev–Trinajstić information content (AvgIpc) is 2.45. The van der Waals surface area contributed by atoms with E-state index in [2.05, 4.69) is 6.92 Å². The van der Waals surface area contributed by atoms with Gasteiger partial charge in [0.15, 0.2) is 0 Å². The Labute approximate surface area is 139 Å². The molecule has 2 nitrogen and oxygen atoms in total. The number of hydrogen-bond donors (Lipinski definition) is 1. The van der Waals surface area contributed by atoms with Crippen LogP contribution in [0.25, 0.3) is 0 Å². The summed E-state index contributed by atoms with van der Waals surface area (Å²) < 4.78 is 5.77. The van der Waals surface area contributed by atoms with Crippen molar-refractivity contribution in [1.29, 1.82) is 0 Å². The topological polar surface area (TPSA) is 35.2 Å². The van der Waals surface area contributed by atoms with Gasteiger partial charge < -0.3 is 10.5 Å². The second kappa shape index (κ2) is 10.9. The van der Waals surface area contributed by atoms with Crippen molar-refractivity contribution in [1.82, 2.24) is 0 Å². The average molecular weight is 328 g/mol. The summed E-state index contributed by atoms with van der Waals surface area (Å²) in [6, 6.07) is 5.50. The lowest BCUT2D eigenvalue weighted by Crippen LogP contribution is -2.12. The quantitative estimate of drug-likeness (QED) is 0.431. The second-order valence-corrected chi connectivity index (χ2v) is 6.15. The minimum atomic E-state index is 0.284. The first-order valence-corrected chi connectivity index (χ1v) is 8.66. The molecule has 1 rings (SSSR count). The third-order valence-corrected chi connectivity index (χ3v) is 4.00. The molecular weight excluding hydrogens is 302 g/mol. The van der Waals surface area contributed by atoms with Crippen LogP contribution < -0.4 is 10.5 Å². The van der Waals surface area contributed by atoms with Crippen LogP contribution >= 0.6 is 23.8 Å². The summed E-state index contributed by atoms with van der Waals surface area (Å²) in [5.74, 6) is 0.693. The van der Waals surface area contributed by atoms with Crippen molar-refractivity contribution in [3.05, 3.63) is 28.8 Å². The van der Waals surface area contributed by atoms with Gasteiger partial charge in [-0.25, -0.2) is 0 Å². The molecule has 0 aliphatic carbocycles. The molecule has 0 saturated heterocycles. The van der Waals surface area contributed by atoms with Crippen LogP contribution in [-0.4, -0.2) is 11.6 Å². The van der Waals surface area contributed by atoms with Crippen molar-refractivity contribution in [2.75, 3.05) is 6.61 Å². The number of rotatable bonds is 11. The van der Waals surface area contributed by atoms with E-state index < -0.39 is 0 Å². The van der Waals surface area contributed by atoms with Gasteiger partial charge in [0.25, 0.3) is 0 Å². The lowest BCUT2D eigenvalue weighted by atomic mass is 10.1. The summed E-state index contributed by atoms with van der Waals surface area (Å²) >= 11 is 11.1. The molecule has 0 unspecified atom stereocenters. The smallest absolute Gasteiger partial charge is 0.130 e. The molecule has 0 atom stereocenters. The van der Waals surface area contributed by atoms with E-state index in [-0.39, 0.29) is 4.99 Å². The van der Waals surface area contributed by atoms with Gasteiger partial charge in [-0.3, -0.25) is 0 Å². The van der Waals surface area contributed by atoms with Crippen molar-refractivity contribution in [2.45, 2.75) is 58.3 Å². The van der Waals surface area contributed by atoms with Crippen LogP contribution in [0.5, 0.6) is 5.75 Å². The number of nitrogens with two attached hydrogens (primary N) is 1. The Hall–Kier alpha value is -0.800. The number of hydrogen-bond acceptors (Lipinski definition) is 2. The van der Waals surface area contributed by atoms with Crippen LogP contribution in [0.3, 0.4) is 0 Å². The molecule has 118 valence electrons. The number of ether oxygens (including phenoxy) is 1. The van der Waals surface area contributed by atoms with Gasteiger partial charge >= 0.3 is 0 Å². The Balaban J connectivity index is 2.21. The zero-order valence-corrected chi connectivity index (χ0v) is 14.4. The molecule has 0 bridgehead atoms. The molecule has 4 heteroatoms. The molecule has 0 aromatic heterocycles. The number of thiocarbonyl (C=S) groups is 1. The maximum Gasteiger partial charge on any atom is 0.130 e. The highest BCUT2D eigenvalue weighted by Gasteiger charge is 2.10. The van der Waals surface area contributed by atoms with Gasteiger partial charge in [0.2, 0.25) is 0 Å². The van der Waals surface area contributed by atoms with E-state index in [1.54, 1.807) is 6.07 Å². The van der Waals surface area contributed by atoms with E-state index in [0.717, 1.165) is 6.42 Å². The van der Waals surface area contributed by atoms with E-state index in [9.17, 15) is 0 Å². The fourth-order valence-electron chi connectivity index (χ4n) is 2.28. The van der Waals surface area contributed by atoms with Crippen molar-refractivity contribution < 1.29 is 4.74 Å². The van der Waals surface area contributed by atoms with Gasteiger partial charge in [0.1, 0.15) is 10.7 Å². The van der Waals surface area contributed by atoms with E-state index in [0.29, 0.717) is 22.9 Å². The normalized spacial score (nSPS) is 10.6. The molecule has 2 N–H and O–H groups in total. The molecule has 0 aliphatic rings. The van der Waals surface area contributed by atoms with Gasteiger partial charge in [0.05, 0.1) is 17.2 Å². The van der Waals surface area contributed by atoms with Crippen molar-refractivity contribution >= 4 is 28.8 Å². The van der Waals surface area contributed by atoms with Crippen LogP contribution in [0.4, 0.5) is 0 Å². The number of unbranched alkanes of at least 4 members (excludes halogenated alkanes) is 7. The van der Waals surface area contributed by atoms with Gasteiger partial charge in [-0.05, 0) is 18.6 Å². The standard InChI is InChI=1S/C17H26ClNOS/c1-2-3-4-5-6-7-8-9-13-20-15-12-10-11-14(18)16(15)17(19)21/h10-12H,2-9,13H2,1H3,(H2,19,21). The van der Waals surface area contributed by atoms with Gasteiger partial charge in [0, 0.05) is 0 Å². The molecule has 0 saturated carbocycles. The van der Waals surface area contributed by atoms with Gasteiger partial charge in [-0.1, -0.05) is 81.8 Å². The summed E-state index contributed by atoms with van der Waals surface area (Å²) in [4.78, 5) is 0.284. The second-order valence-electron chi connectivity index (χ2n) is 5.30. The van der Waals surface area contributed by atoms with Crippen LogP contribution in [0.15, 0.2) is 18.2 Å². The maximum atomic E-state index is 6.10. The zero-order chi connectivity index (χ0) is 15.5. The van der Waals surface area contributed by atoms with Crippen LogP contribution in [-0.2, 0) is 0 Å². The first-order valence-electron chi connectivity index (χ1n) is 7.88. The molecule has 0 heterocycles. The van der Waals surface area contributed by atoms with Crippen LogP contribution in [0.2, 0.25) is 5.02 Å². The minimum absolute atomic E-state index is 0.284. The molecule has 1 aromatic rings. The van der Waals surface area contributed by atoms with Crippen molar-refractivity contribution in [3.8, 4) is 5.75 Å². The minimum Gasteiger partial charge on any atom is -0.493 e. The van der Waals surface area contributed by atoms with E-state index >= 15 is 0 Å². The molecule has 0 radical (unpaired) electrons. The largest absolute Gasteiger partial charge is 0.493 e. The zero-order valence-electron chi connectivity index (χ0n) is 12.9. The Morgan fingerprint density at radius 3 is 2.33 bits per heavy atom. The van der Waals surface area contributed by atoms with E-state index in [1.165, 1.54) is 44.9 Å². The first-order chi connectivity index (χ1) is 10.2. The Morgan fingerprint density at radius 1 is 1.10 bits per heavy atom. The molecule has 0 fully saturated rings. The van der Waals surface area contributed by atoms with E-state index in [1.807, 2.05) is 12.1 Å². The highest BCUT2D eigenvalue weighted by atomic mass is 35.5. The fraction of sp³-hybridized carbons (Fsp3) is 0.588. The summed E-state index contributed by atoms with van der Waals surface area (Å²) in [7, 11) is 0. The van der Waals surface area contributed by atoms with Crippen molar-refractivity contribution in [3.63, 3.8) is 0 Å².